The Morgan fingerprint density at radius 3 is 2.82 bits per heavy atom. The lowest BCUT2D eigenvalue weighted by molar-refractivity contribution is 0.207. The molecule has 2 heterocycles. The van der Waals surface area contributed by atoms with E-state index in [-0.39, 0.29) is 12.4 Å². The van der Waals surface area contributed by atoms with Crippen LogP contribution < -0.4 is 10.1 Å². The van der Waals surface area contributed by atoms with Gasteiger partial charge in [-0.15, -0.1) is 12.4 Å². The molecule has 7 heteroatoms. The Morgan fingerprint density at radius 1 is 1.32 bits per heavy atom. The molecule has 0 saturated carbocycles. The zero-order chi connectivity index (χ0) is 14.7. The van der Waals surface area contributed by atoms with Gasteiger partial charge in [-0.3, -0.25) is 4.90 Å². The summed E-state index contributed by atoms with van der Waals surface area (Å²) < 4.78 is 11.9. The zero-order valence-electron chi connectivity index (χ0n) is 12.3. The summed E-state index contributed by atoms with van der Waals surface area (Å²) in [6, 6.07) is 7.85. The SMILES string of the molecule is COc1ccc(Br)cc1-c1cc(CN2CCNCC2)on1.Cl. The molecular formula is C15H19BrClN3O2. The lowest BCUT2D eigenvalue weighted by atomic mass is 10.1. The van der Waals surface area contributed by atoms with Crippen molar-refractivity contribution in [3.05, 3.63) is 34.5 Å². The maximum Gasteiger partial charge on any atom is 0.151 e. The lowest BCUT2D eigenvalue weighted by Gasteiger charge is -2.25. The molecule has 22 heavy (non-hydrogen) atoms. The first-order valence-corrected chi connectivity index (χ1v) is 7.78. The number of halogens is 2. The van der Waals surface area contributed by atoms with Crippen LogP contribution in [-0.4, -0.2) is 43.3 Å². The van der Waals surface area contributed by atoms with Crippen molar-refractivity contribution in [3.8, 4) is 17.0 Å². The third kappa shape index (κ3) is 4.01. The second-order valence-corrected chi connectivity index (χ2v) is 5.96. The van der Waals surface area contributed by atoms with Crippen LogP contribution in [0.25, 0.3) is 11.3 Å². The number of benzene rings is 1. The fourth-order valence-corrected chi connectivity index (χ4v) is 2.85. The maximum atomic E-state index is 5.48. The number of methoxy groups -OCH3 is 1. The van der Waals surface area contributed by atoms with E-state index in [9.17, 15) is 0 Å². The van der Waals surface area contributed by atoms with Crippen molar-refractivity contribution in [2.75, 3.05) is 33.3 Å². The highest BCUT2D eigenvalue weighted by Gasteiger charge is 2.15. The molecule has 0 amide bonds. The van der Waals surface area contributed by atoms with Gasteiger partial charge in [0.2, 0.25) is 0 Å². The summed E-state index contributed by atoms with van der Waals surface area (Å²) in [6.45, 7) is 4.93. The monoisotopic (exact) mass is 387 g/mol. The minimum Gasteiger partial charge on any atom is -0.496 e. The number of hydrogen-bond acceptors (Lipinski definition) is 5. The van der Waals surface area contributed by atoms with Gasteiger partial charge in [0.25, 0.3) is 0 Å². The Bertz CT molecular complexity index is 615. The second-order valence-electron chi connectivity index (χ2n) is 5.05. The first kappa shape index (κ1) is 17.3. The topological polar surface area (TPSA) is 50.5 Å². The van der Waals surface area contributed by atoms with Gasteiger partial charge in [-0.05, 0) is 18.2 Å². The van der Waals surface area contributed by atoms with Gasteiger partial charge >= 0.3 is 0 Å². The minimum absolute atomic E-state index is 0. The van der Waals surface area contributed by atoms with Gasteiger partial charge in [0.1, 0.15) is 11.4 Å². The number of nitrogens with zero attached hydrogens (tertiary/aromatic N) is 2. The molecule has 2 aromatic rings. The quantitative estimate of drug-likeness (QED) is 0.873. The van der Waals surface area contributed by atoms with E-state index in [1.807, 2.05) is 24.3 Å². The predicted molar refractivity (Wildman–Crippen MR) is 91.6 cm³/mol. The van der Waals surface area contributed by atoms with Crippen LogP contribution in [0.5, 0.6) is 5.75 Å². The molecule has 0 unspecified atom stereocenters. The van der Waals surface area contributed by atoms with Crippen LogP contribution in [0.3, 0.4) is 0 Å². The van der Waals surface area contributed by atoms with E-state index in [2.05, 4.69) is 31.3 Å². The number of hydrogen-bond donors (Lipinski definition) is 1. The van der Waals surface area contributed by atoms with Crippen molar-refractivity contribution >= 4 is 28.3 Å². The van der Waals surface area contributed by atoms with Crippen LogP contribution >= 0.6 is 28.3 Å². The van der Waals surface area contributed by atoms with Crippen LogP contribution in [0.2, 0.25) is 0 Å². The third-order valence-corrected chi connectivity index (χ3v) is 4.08. The van der Waals surface area contributed by atoms with E-state index in [1.165, 1.54) is 0 Å². The fraction of sp³-hybridized carbons (Fsp3) is 0.400. The first-order valence-electron chi connectivity index (χ1n) is 6.99. The van der Waals surface area contributed by atoms with Crippen molar-refractivity contribution in [3.63, 3.8) is 0 Å². The van der Waals surface area contributed by atoms with Crippen molar-refractivity contribution in [2.24, 2.45) is 0 Å². The summed E-state index contributed by atoms with van der Waals surface area (Å²) >= 11 is 3.48. The molecule has 120 valence electrons. The average molecular weight is 389 g/mol. The molecule has 0 radical (unpaired) electrons. The average Bonchev–Trinajstić information content (AvgIpc) is 2.96. The van der Waals surface area contributed by atoms with Crippen molar-refractivity contribution in [1.82, 2.24) is 15.4 Å². The summed E-state index contributed by atoms with van der Waals surface area (Å²) in [4.78, 5) is 2.36. The van der Waals surface area contributed by atoms with Crippen LogP contribution in [0, 0.1) is 0 Å². The zero-order valence-corrected chi connectivity index (χ0v) is 14.7. The van der Waals surface area contributed by atoms with Gasteiger partial charge < -0.3 is 14.6 Å². The van der Waals surface area contributed by atoms with E-state index in [1.54, 1.807) is 7.11 Å². The molecule has 0 bridgehead atoms. The molecule has 0 spiro atoms. The van der Waals surface area contributed by atoms with Gasteiger partial charge in [0, 0.05) is 42.3 Å². The highest BCUT2D eigenvalue weighted by molar-refractivity contribution is 9.10. The van der Waals surface area contributed by atoms with E-state index >= 15 is 0 Å². The minimum atomic E-state index is 0. The van der Waals surface area contributed by atoms with Crippen molar-refractivity contribution in [2.45, 2.75) is 6.54 Å². The molecule has 0 atom stereocenters. The van der Waals surface area contributed by atoms with Gasteiger partial charge in [-0.25, -0.2) is 0 Å². The van der Waals surface area contributed by atoms with Gasteiger partial charge in [-0.1, -0.05) is 21.1 Å². The molecule has 1 aliphatic heterocycles. The number of nitrogens with one attached hydrogen (secondary N) is 1. The molecule has 1 N–H and O–H groups in total. The summed E-state index contributed by atoms with van der Waals surface area (Å²) in [6.07, 6.45) is 0. The van der Waals surface area contributed by atoms with E-state index in [0.29, 0.717) is 0 Å². The normalized spacial score (nSPS) is 15.4. The Balaban J connectivity index is 0.00000176. The summed E-state index contributed by atoms with van der Waals surface area (Å²) in [5, 5.41) is 7.53. The largest absolute Gasteiger partial charge is 0.496 e. The number of piperazine rings is 1. The summed E-state index contributed by atoms with van der Waals surface area (Å²) in [5.41, 5.74) is 1.74. The van der Waals surface area contributed by atoms with Gasteiger partial charge in [0.15, 0.2) is 5.76 Å². The Hall–Kier alpha value is -1.08. The van der Waals surface area contributed by atoms with E-state index in [0.717, 1.165) is 60.0 Å². The predicted octanol–water partition coefficient (Wildman–Crippen LogP) is 2.94. The molecule has 1 fully saturated rings. The molecule has 1 saturated heterocycles. The van der Waals surface area contributed by atoms with E-state index < -0.39 is 0 Å². The standard InChI is InChI=1S/C15H18BrN3O2.ClH/c1-20-15-3-2-11(16)8-13(15)14-9-12(21-18-14)10-19-6-4-17-5-7-19;/h2-3,8-9,17H,4-7,10H2,1H3;1H. The third-order valence-electron chi connectivity index (χ3n) is 3.59. The molecule has 1 aromatic carbocycles. The molecule has 5 nitrogen and oxygen atoms in total. The smallest absolute Gasteiger partial charge is 0.151 e. The fourth-order valence-electron chi connectivity index (χ4n) is 2.48. The highest BCUT2D eigenvalue weighted by atomic mass is 79.9. The van der Waals surface area contributed by atoms with E-state index in [4.69, 9.17) is 9.26 Å². The second kappa shape index (κ2) is 7.97. The Morgan fingerprint density at radius 2 is 2.09 bits per heavy atom. The molecule has 1 aromatic heterocycles. The first-order chi connectivity index (χ1) is 10.3. The molecular weight excluding hydrogens is 370 g/mol. The summed E-state index contributed by atoms with van der Waals surface area (Å²) in [7, 11) is 1.66. The number of aromatic nitrogens is 1. The van der Waals surface area contributed by atoms with Crippen LogP contribution in [-0.2, 0) is 6.54 Å². The molecule has 1 aliphatic rings. The number of ether oxygens (including phenoxy) is 1. The molecule has 3 rings (SSSR count). The lowest BCUT2D eigenvalue weighted by Crippen LogP contribution is -2.42. The van der Waals surface area contributed by atoms with Crippen molar-refractivity contribution in [1.29, 1.82) is 0 Å². The molecule has 0 aliphatic carbocycles. The Labute approximate surface area is 144 Å². The number of rotatable bonds is 4. The Kier molecular flexibility index (Phi) is 6.26. The van der Waals surface area contributed by atoms with Gasteiger partial charge in [-0.2, -0.15) is 0 Å². The van der Waals surface area contributed by atoms with Crippen LogP contribution in [0.1, 0.15) is 5.76 Å². The highest BCUT2D eigenvalue weighted by Crippen LogP contribution is 2.32. The van der Waals surface area contributed by atoms with Crippen LogP contribution in [0.4, 0.5) is 0 Å². The van der Waals surface area contributed by atoms with Crippen LogP contribution in [0.15, 0.2) is 33.3 Å². The summed E-state index contributed by atoms with van der Waals surface area (Å²) in [5.74, 6) is 1.68. The maximum absolute atomic E-state index is 5.48. The van der Waals surface area contributed by atoms with Crippen molar-refractivity contribution < 1.29 is 9.26 Å². The van der Waals surface area contributed by atoms with Gasteiger partial charge in [0.05, 0.1) is 13.7 Å².